The number of piperazine rings is 1. The van der Waals surface area contributed by atoms with E-state index >= 15 is 0 Å². The number of aromatic nitrogens is 1. The van der Waals surface area contributed by atoms with Gasteiger partial charge in [0.1, 0.15) is 24.3 Å². The number of terminal acetylenes is 1. The molecule has 0 amide bonds. The molecule has 4 rings (SSSR count). The molecule has 0 unspecified atom stereocenters. The largest absolute Gasteiger partial charge is 0.481 e. The van der Waals surface area contributed by atoms with Gasteiger partial charge in [-0.1, -0.05) is 36.3 Å². The fourth-order valence-corrected chi connectivity index (χ4v) is 4.01. The van der Waals surface area contributed by atoms with Crippen molar-refractivity contribution in [3.8, 4) is 18.1 Å². The molecule has 6 heteroatoms. The Hall–Kier alpha value is -3.40. The predicted molar refractivity (Wildman–Crippen MR) is 123 cm³/mol. The van der Waals surface area contributed by atoms with E-state index < -0.39 is 6.10 Å². The molecule has 1 aliphatic heterocycles. The Kier molecular flexibility index (Phi) is 7.00. The van der Waals surface area contributed by atoms with Gasteiger partial charge in [0.25, 0.3) is 0 Å². The minimum absolute atomic E-state index is 0.259. The molecule has 1 saturated heterocycles. The third kappa shape index (κ3) is 5.08. The molecule has 1 aliphatic rings. The van der Waals surface area contributed by atoms with Crippen molar-refractivity contribution in [2.45, 2.75) is 12.6 Å². The van der Waals surface area contributed by atoms with Gasteiger partial charge in [-0.25, -0.2) is 4.39 Å². The molecule has 0 saturated carbocycles. The number of pyridine rings is 1. The van der Waals surface area contributed by atoms with E-state index in [-0.39, 0.29) is 12.4 Å². The van der Waals surface area contributed by atoms with Gasteiger partial charge in [-0.3, -0.25) is 9.88 Å². The molecule has 0 radical (unpaired) electrons. The summed E-state index contributed by atoms with van der Waals surface area (Å²) in [5.74, 6) is 2.90. The van der Waals surface area contributed by atoms with Crippen molar-refractivity contribution in [1.82, 2.24) is 9.88 Å². The summed E-state index contributed by atoms with van der Waals surface area (Å²) in [6.45, 7) is 4.02. The average molecular weight is 432 g/mol. The minimum atomic E-state index is -0.928. The quantitative estimate of drug-likeness (QED) is 0.579. The zero-order valence-corrected chi connectivity index (χ0v) is 17.8. The van der Waals surface area contributed by atoms with Crippen LogP contribution in [-0.2, 0) is 6.54 Å². The number of hydrogen-bond acceptors (Lipinski definition) is 5. The second-order valence-corrected chi connectivity index (χ2v) is 7.77. The van der Waals surface area contributed by atoms with E-state index in [0.29, 0.717) is 29.9 Å². The highest BCUT2D eigenvalue weighted by Crippen LogP contribution is 2.33. The number of rotatable bonds is 7. The predicted octanol–water partition coefficient (Wildman–Crippen LogP) is 3.64. The Morgan fingerprint density at radius 3 is 2.53 bits per heavy atom. The van der Waals surface area contributed by atoms with Crippen LogP contribution in [0.25, 0.3) is 0 Å². The van der Waals surface area contributed by atoms with Crippen molar-refractivity contribution in [2.24, 2.45) is 0 Å². The number of benzene rings is 2. The third-order valence-corrected chi connectivity index (χ3v) is 5.65. The van der Waals surface area contributed by atoms with Crippen LogP contribution in [0.5, 0.6) is 5.75 Å². The zero-order chi connectivity index (χ0) is 22.3. The first kappa shape index (κ1) is 21.8. The second kappa shape index (κ2) is 10.3. The van der Waals surface area contributed by atoms with Crippen LogP contribution in [0.3, 0.4) is 0 Å². The monoisotopic (exact) mass is 431 g/mol. The molecular formula is C26H26FN3O2. The Labute approximate surface area is 188 Å². The lowest BCUT2D eigenvalue weighted by Crippen LogP contribution is -2.46. The van der Waals surface area contributed by atoms with Crippen LogP contribution in [0.1, 0.15) is 22.8 Å². The number of anilines is 1. The van der Waals surface area contributed by atoms with Gasteiger partial charge in [0, 0.05) is 56.2 Å². The van der Waals surface area contributed by atoms with Crippen LogP contribution < -0.4 is 9.64 Å². The van der Waals surface area contributed by atoms with E-state index in [2.05, 4.69) is 15.8 Å². The molecule has 32 heavy (non-hydrogen) atoms. The SMILES string of the molecule is C#CCOc1ccc(CN2CCN(c3c(F)cccc3[C@H](O)c3cccnc3)CC2)cc1. The molecule has 1 atom stereocenters. The lowest BCUT2D eigenvalue weighted by Gasteiger charge is -2.37. The molecule has 1 aromatic heterocycles. The third-order valence-electron chi connectivity index (χ3n) is 5.65. The van der Waals surface area contributed by atoms with E-state index in [1.165, 1.54) is 11.6 Å². The van der Waals surface area contributed by atoms with E-state index in [1.54, 1.807) is 36.7 Å². The normalized spacial score (nSPS) is 15.2. The highest BCUT2D eigenvalue weighted by atomic mass is 19.1. The summed E-state index contributed by atoms with van der Waals surface area (Å²) in [6.07, 6.45) is 7.56. The van der Waals surface area contributed by atoms with Gasteiger partial charge < -0.3 is 14.7 Å². The van der Waals surface area contributed by atoms with Crippen molar-refractivity contribution >= 4 is 5.69 Å². The van der Waals surface area contributed by atoms with Gasteiger partial charge in [-0.05, 0) is 29.8 Å². The number of nitrogens with zero attached hydrogens (tertiary/aromatic N) is 3. The van der Waals surface area contributed by atoms with Crippen LogP contribution in [0.4, 0.5) is 10.1 Å². The number of ether oxygens (including phenoxy) is 1. The molecule has 0 aliphatic carbocycles. The second-order valence-electron chi connectivity index (χ2n) is 7.77. The van der Waals surface area contributed by atoms with Gasteiger partial charge in [-0.15, -0.1) is 6.42 Å². The highest BCUT2D eigenvalue weighted by molar-refractivity contribution is 5.58. The van der Waals surface area contributed by atoms with Gasteiger partial charge >= 0.3 is 0 Å². The maximum Gasteiger partial charge on any atom is 0.148 e. The highest BCUT2D eigenvalue weighted by Gasteiger charge is 2.25. The lowest BCUT2D eigenvalue weighted by atomic mass is 9.99. The van der Waals surface area contributed by atoms with E-state index in [0.717, 1.165) is 25.4 Å². The van der Waals surface area contributed by atoms with Gasteiger partial charge in [0.15, 0.2) is 0 Å². The number of hydrogen-bond donors (Lipinski definition) is 1. The molecular weight excluding hydrogens is 405 g/mol. The summed E-state index contributed by atoms with van der Waals surface area (Å²) in [5.41, 5.74) is 2.87. The molecule has 1 fully saturated rings. The Bertz CT molecular complexity index is 1060. The molecule has 164 valence electrons. The number of aliphatic hydroxyl groups excluding tert-OH is 1. The summed E-state index contributed by atoms with van der Waals surface area (Å²) in [5, 5.41) is 10.9. The van der Waals surface area contributed by atoms with Crippen molar-refractivity contribution in [2.75, 3.05) is 37.7 Å². The van der Waals surface area contributed by atoms with Crippen LogP contribution in [-0.4, -0.2) is 47.8 Å². The van der Waals surface area contributed by atoms with Crippen LogP contribution >= 0.6 is 0 Å². The summed E-state index contributed by atoms with van der Waals surface area (Å²) < 4.78 is 20.3. The van der Waals surface area contributed by atoms with Crippen molar-refractivity contribution in [3.63, 3.8) is 0 Å². The van der Waals surface area contributed by atoms with E-state index in [4.69, 9.17) is 11.2 Å². The number of aliphatic hydroxyl groups is 1. The first-order valence-electron chi connectivity index (χ1n) is 10.6. The number of halogens is 1. The fraction of sp³-hybridized carbons (Fsp3) is 0.269. The molecule has 0 spiro atoms. The maximum atomic E-state index is 14.9. The topological polar surface area (TPSA) is 48.8 Å². The van der Waals surface area contributed by atoms with Gasteiger partial charge in [0.2, 0.25) is 0 Å². The minimum Gasteiger partial charge on any atom is -0.481 e. The Balaban J connectivity index is 1.42. The summed E-state index contributed by atoms with van der Waals surface area (Å²) in [6, 6.07) is 16.4. The summed E-state index contributed by atoms with van der Waals surface area (Å²) in [4.78, 5) is 8.44. The molecule has 2 heterocycles. The lowest BCUT2D eigenvalue weighted by molar-refractivity contribution is 0.218. The average Bonchev–Trinajstić information content (AvgIpc) is 2.84. The molecule has 5 nitrogen and oxygen atoms in total. The van der Waals surface area contributed by atoms with Crippen LogP contribution in [0.2, 0.25) is 0 Å². The first-order valence-corrected chi connectivity index (χ1v) is 10.6. The van der Waals surface area contributed by atoms with E-state index in [1.807, 2.05) is 29.2 Å². The maximum absolute atomic E-state index is 14.9. The van der Waals surface area contributed by atoms with Crippen LogP contribution in [0, 0.1) is 18.2 Å². The van der Waals surface area contributed by atoms with Gasteiger partial charge in [0.05, 0.1) is 5.69 Å². The molecule has 3 aromatic rings. The molecule has 0 bridgehead atoms. The van der Waals surface area contributed by atoms with Crippen LogP contribution in [0.15, 0.2) is 67.0 Å². The summed E-state index contributed by atoms with van der Waals surface area (Å²) >= 11 is 0. The standard InChI is InChI=1S/C26H26FN3O2/c1-2-17-32-22-10-8-20(9-11-22)19-29-13-15-30(16-14-29)25-23(6-3-7-24(25)27)26(31)21-5-4-12-28-18-21/h1,3-12,18,26,31H,13-17,19H2/t26-/m1/s1. The Morgan fingerprint density at radius 2 is 1.84 bits per heavy atom. The van der Waals surface area contributed by atoms with Crippen molar-refractivity contribution < 1.29 is 14.2 Å². The van der Waals surface area contributed by atoms with Crippen molar-refractivity contribution in [1.29, 1.82) is 0 Å². The van der Waals surface area contributed by atoms with Gasteiger partial charge in [-0.2, -0.15) is 0 Å². The van der Waals surface area contributed by atoms with E-state index in [9.17, 15) is 9.50 Å². The summed E-state index contributed by atoms with van der Waals surface area (Å²) in [7, 11) is 0. The Morgan fingerprint density at radius 1 is 1.06 bits per heavy atom. The first-order chi connectivity index (χ1) is 15.7. The fourth-order valence-electron chi connectivity index (χ4n) is 4.01. The zero-order valence-electron chi connectivity index (χ0n) is 17.8. The smallest absolute Gasteiger partial charge is 0.148 e. The molecule has 2 aromatic carbocycles. The van der Waals surface area contributed by atoms with Crippen molar-refractivity contribution in [3.05, 3.63) is 89.5 Å². The molecule has 1 N–H and O–H groups in total. The number of para-hydroxylation sites is 1.